The van der Waals surface area contributed by atoms with Gasteiger partial charge in [-0.15, -0.1) is 0 Å². The van der Waals surface area contributed by atoms with Crippen LogP contribution in [0.15, 0.2) is 78.9 Å². The van der Waals surface area contributed by atoms with E-state index in [1.165, 1.54) is 12.1 Å². The number of rotatable bonds is 4. The van der Waals surface area contributed by atoms with Gasteiger partial charge < -0.3 is 16.8 Å². The lowest BCUT2D eigenvalue weighted by Gasteiger charge is -2.12. The summed E-state index contributed by atoms with van der Waals surface area (Å²) in [7, 11) is 0. The van der Waals surface area contributed by atoms with Crippen molar-refractivity contribution >= 4 is 45.6 Å². The van der Waals surface area contributed by atoms with Crippen molar-refractivity contribution < 1.29 is 13.2 Å². The first-order valence-corrected chi connectivity index (χ1v) is 11.1. The van der Waals surface area contributed by atoms with Crippen molar-refractivity contribution in [3.63, 3.8) is 0 Å². The van der Waals surface area contributed by atoms with E-state index in [4.69, 9.17) is 28.1 Å². The molecule has 0 unspecified atom stereocenters. The van der Waals surface area contributed by atoms with Gasteiger partial charge in [-0.1, -0.05) is 35.9 Å². The maximum Gasteiger partial charge on any atom is 0.416 e. The lowest BCUT2D eigenvalue weighted by atomic mass is 10.1. The molecule has 0 radical (unpaired) electrons. The fraction of sp³-hybridized carbons (Fsp3) is 0.0385. The molecule has 6 nitrogen and oxygen atoms in total. The SMILES string of the molecule is Nc1nc(Nc2ccc3nc(-c4ccc(Cl)cc4)cc(N)c3c2)cc(-c2ccc(C(F)(F)F)cc2)n1. The van der Waals surface area contributed by atoms with E-state index in [0.29, 0.717) is 39.0 Å². The van der Waals surface area contributed by atoms with Crippen molar-refractivity contribution in [1.29, 1.82) is 0 Å². The van der Waals surface area contributed by atoms with Crippen LogP contribution in [0, 0.1) is 0 Å². The molecule has 36 heavy (non-hydrogen) atoms. The van der Waals surface area contributed by atoms with Gasteiger partial charge in [0.25, 0.3) is 0 Å². The zero-order valence-electron chi connectivity index (χ0n) is 18.5. The third kappa shape index (κ3) is 4.87. The molecular weight excluding hydrogens is 489 g/mol. The van der Waals surface area contributed by atoms with E-state index in [2.05, 4.69) is 15.3 Å². The van der Waals surface area contributed by atoms with E-state index in [0.717, 1.165) is 28.8 Å². The largest absolute Gasteiger partial charge is 0.416 e. The van der Waals surface area contributed by atoms with Crippen LogP contribution < -0.4 is 16.8 Å². The zero-order valence-corrected chi connectivity index (χ0v) is 19.3. The predicted molar refractivity (Wildman–Crippen MR) is 137 cm³/mol. The molecule has 2 heterocycles. The van der Waals surface area contributed by atoms with Gasteiger partial charge in [-0.3, -0.25) is 0 Å². The summed E-state index contributed by atoms with van der Waals surface area (Å²) in [6, 6.07) is 20.9. The van der Waals surface area contributed by atoms with Gasteiger partial charge in [0.15, 0.2) is 0 Å². The number of alkyl halides is 3. The molecule has 10 heteroatoms. The summed E-state index contributed by atoms with van der Waals surface area (Å²) >= 11 is 5.98. The summed E-state index contributed by atoms with van der Waals surface area (Å²) in [5.74, 6) is 0.352. The molecule has 0 spiro atoms. The van der Waals surface area contributed by atoms with Gasteiger partial charge in [-0.2, -0.15) is 18.2 Å². The molecule has 5 N–H and O–H groups in total. The lowest BCUT2D eigenvalue weighted by molar-refractivity contribution is -0.137. The Morgan fingerprint density at radius 2 is 1.36 bits per heavy atom. The van der Waals surface area contributed by atoms with Crippen LogP contribution in [0.25, 0.3) is 33.4 Å². The quantitative estimate of drug-likeness (QED) is 0.244. The smallest absolute Gasteiger partial charge is 0.398 e. The van der Waals surface area contributed by atoms with Crippen molar-refractivity contribution in [1.82, 2.24) is 15.0 Å². The van der Waals surface area contributed by atoms with Crippen LogP contribution in [0.1, 0.15) is 5.56 Å². The highest BCUT2D eigenvalue weighted by atomic mass is 35.5. The summed E-state index contributed by atoms with van der Waals surface area (Å²) in [4.78, 5) is 13.0. The molecule has 0 aliphatic heterocycles. The highest BCUT2D eigenvalue weighted by Crippen LogP contribution is 2.32. The number of fused-ring (bicyclic) bond motifs is 1. The normalized spacial score (nSPS) is 11.6. The molecule has 0 saturated heterocycles. The Hall–Kier alpha value is -4.37. The van der Waals surface area contributed by atoms with E-state index in [9.17, 15) is 13.2 Å². The summed E-state index contributed by atoms with van der Waals surface area (Å²) in [5.41, 5.74) is 15.9. The Bertz CT molecular complexity index is 1570. The van der Waals surface area contributed by atoms with Crippen LogP contribution in [0.2, 0.25) is 5.02 Å². The Morgan fingerprint density at radius 3 is 2.03 bits per heavy atom. The van der Waals surface area contributed by atoms with Crippen LogP contribution in [-0.4, -0.2) is 15.0 Å². The van der Waals surface area contributed by atoms with E-state index in [1.54, 1.807) is 24.3 Å². The van der Waals surface area contributed by atoms with E-state index in [-0.39, 0.29) is 5.95 Å². The van der Waals surface area contributed by atoms with Crippen LogP contribution in [0.5, 0.6) is 0 Å². The van der Waals surface area contributed by atoms with Gasteiger partial charge in [0, 0.05) is 39.0 Å². The van der Waals surface area contributed by atoms with Gasteiger partial charge in [0.05, 0.1) is 22.5 Å². The number of nitrogen functional groups attached to an aromatic ring is 2. The second-order valence-corrected chi connectivity index (χ2v) is 8.47. The first kappa shape index (κ1) is 23.4. The second-order valence-electron chi connectivity index (χ2n) is 8.03. The fourth-order valence-corrected chi connectivity index (χ4v) is 3.88. The molecule has 2 aromatic heterocycles. The molecule has 0 saturated carbocycles. The van der Waals surface area contributed by atoms with Gasteiger partial charge in [-0.25, -0.2) is 9.97 Å². The highest BCUT2D eigenvalue weighted by molar-refractivity contribution is 6.30. The number of pyridine rings is 1. The minimum Gasteiger partial charge on any atom is -0.398 e. The van der Waals surface area contributed by atoms with Gasteiger partial charge in [0.2, 0.25) is 5.95 Å². The van der Waals surface area contributed by atoms with Gasteiger partial charge in [0.1, 0.15) is 5.82 Å². The van der Waals surface area contributed by atoms with Crippen LogP contribution in [0.3, 0.4) is 0 Å². The van der Waals surface area contributed by atoms with Gasteiger partial charge >= 0.3 is 6.18 Å². The minimum atomic E-state index is -4.42. The Balaban J connectivity index is 1.44. The fourth-order valence-electron chi connectivity index (χ4n) is 3.75. The number of halogens is 4. The molecule has 0 atom stereocenters. The average molecular weight is 507 g/mol. The van der Waals surface area contributed by atoms with Crippen molar-refractivity contribution in [2.45, 2.75) is 6.18 Å². The standard InChI is InChI=1S/C26H18ClF3N6/c27-17-7-3-15(4-8-17)22-12-20(31)19-11-18(9-10-21(19)34-22)33-24-13-23(35-25(32)36-24)14-1-5-16(6-2-14)26(28,29)30/h1-13H,(H2,31,34)(H3,32,33,35,36). The number of benzene rings is 3. The Morgan fingerprint density at radius 1 is 0.722 bits per heavy atom. The van der Waals surface area contributed by atoms with E-state index >= 15 is 0 Å². The molecule has 0 bridgehead atoms. The molecule has 0 fully saturated rings. The van der Waals surface area contributed by atoms with E-state index < -0.39 is 11.7 Å². The number of nitrogens with zero attached hydrogens (tertiary/aromatic N) is 3. The summed E-state index contributed by atoms with van der Waals surface area (Å²) in [6.45, 7) is 0. The summed E-state index contributed by atoms with van der Waals surface area (Å²) < 4.78 is 38.6. The molecule has 5 aromatic rings. The zero-order chi connectivity index (χ0) is 25.4. The average Bonchev–Trinajstić information content (AvgIpc) is 2.84. The Labute approximate surface area is 208 Å². The van der Waals surface area contributed by atoms with Crippen molar-refractivity contribution in [2.75, 3.05) is 16.8 Å². The Kier molecular flexibility index (Phi) is 5.85. The maximum absolute atomic E-state index is 12.9. The van der Waals surface area contributed by atoms with Gasteiger partial charge in [-0.05, 0) is 48.5 Å². The molecule has 0 aliphatic rings. The number of nitrogens with two attached hydrogens (primary N) is 2. The van der Waals surface area contributed by atoms with Crippen LogP contribution in [-0.2, 0) is 6.18 Å². The maximum atomic E-state index is 12.9. The van der Waals surface area contributed by atoms with Crippen molar-refractivity contribution in [2.24, 2.45) is 0 Å². The van der Waals surface area contributed by atoms with Crippen LogP contribution in [0.4, 0.5) is 36.3 Å². The molecule has 0 amide bonds. The lowest BCUT2D eigenvalue weighted by Crippen LogP contribution is -2.04. The highest BCUT2D eigenvalue weighted by Gasteiger charge is 2.30. The molecule has 0 aliphatic carbocycles. The van der Waals surface area contributed by atoms with Crippen molar-refractivity contribution in [3.05, 3.63) is 89.4 Å². The topological polar surface area (TPSA) is 103 Å². The number of hydrogen-bond donors (Lipinski definition) is 3. The number of anilines is 4. The third-order valence-electron chi connectivity index (χ3n) is 5.50. The number of aromatic nitrogens is 3. The molecule has 5 rings (SSSR count). The molecule has 180 valence electrons. The van der Waals surface area contributed by atoms with Crippen molar-refractivity contribution in [3.8, 4) is 22.5 Å². The van der Waals surface area contributed by atoms with E-state index in [1.807, 2.05) is 30.3 Å². The number of nitrogens with one attached hydrogen (secondary N) is 1. The van der Waals surface area contributed by atoms with Crippen LogP contribution >= 0.6 is 11.6 Å². The monoisotopic (exact) mass is 506 g/mol. The predicted octanol–water partition coefficient (Wildman–Crippen LogP) is 6.94. The third-order valence-corrected chi connectivity index (χ3v) is 5.76. The first-order chi connectivity index (χ1) is 17.2. The second kappa shape index (κ2) is 9.01. The molecule has 3 aromatic carbocycles. The first-order valence-electron chi connectivity index (χ1n) is 10.7. The minimum absolute atomic E-state index is 0.0236. The molecular formula is C26H18ClF3N6. The summed E-state index contributed by atoms with van der Waals surface area (Å²) in [6.07, 6.45) is -4.42. The number of hydrogen-bond acceptors (Lipinski definition) is 6. The summed E-state index contributed by atoms with van der Waals surface area (Å²) in [5, 5.41) is 4.53.